The highest BCUT2D eigenvalue weighted by atomic mass is 16.5. The number of hydrogen-bond acceptors (Lipinski definition) is 3. The molecule has 0 aliphatic rings. The second-order valence-corrected chi connectivity index (χ2v) is 5.47. The first-order chi connectivity index (χ1) is 8.88. The third-order valence-electron chi connectivity index (χ3n) is 3.93. The molecule has 1 aromatic rings. The molecule has 0 aliphatic heterocycles. The van der Waals surface area contributed by atoms with Crippen molar-refractivity contribution in [3.8, 4) is 5.75 Å². The summed E-state index contributed by atoms with van der Waals surface area (Å²) in [5.41, 5.74) is 1.66. The molecule has 0 aliphatic carbocycles. The van der Waals surface area contributed by atoms with Gasteiger partial charge >= 0.3 is 0 Å². The number of aliphatic hydroxyl groups is 1. The number of methoxy groups -OCH3 is 1. The molecule has 0 fully saturated rings. The average molecular weight is 265 g/mol. The Labute approximate surface area is 117 Å². The van der Waals surface area contributed by atoms with Crippen molar-refractivity contribution < 1.29 is 9.84 Å². The molecule has 108 valence electrons. The number of hydrogen-bond donors (Lipinski definition) is 1. The molecule has 0 heterocycles. The van der Waals surface area contributed by atoms with Crippen LogP contribution in [0, 0.1) is 6.92 Å². The molecule has 1 atom stereocenters. The van der Waals surface area contributed by atoms with E-state index in [2.05, 4.69) is 32.6 Å². The van der Waals surface area contributed by atoms with E-state index >= 15 is 0 Å². The third kappa shape index (κ3) is 3.28. The Morgan fingerprint density at radius 2 is 1.84 bits per heavy atom. The Balaban J connectivity index is 3.17. The summed E-state index contributed by atoms with van der Waals surface area (Å²) < 4.78 is 5.39. The molecule has 0 aromatic heterocycles. The van der Waals surface area contributed by atoms with Gasteiger partial charge in [-0.1, -0.05) is 25.5 Å². The van der Waals surface area contributed by atoms with Gasteiger partial charge in [-0.2, -0.15) is 0 Å². The highest BCUT2D eigenvalue weighted by molar-refractivity contribution is 5.39. The number of ether oxygens (including phenoxy) is 1. The number of nitrogens with zero attached hydrogens (tertiary/aromatic N) is 1. The van der Waals surface area contributed by atoms with Crippen LogP contribution in [0.2, 0.25) is 0 Å². The zero-order valence-corrected chi connectivity index (χ0v) is 13.0. The van der Waals surface area contributed by atoms with Gasteiger partial charge in [-0.25, -0.2) is 0 Å². The van der Waals surface area contributed by atoms with Gasteiger partial charge in [0.05, 0.1) is 7.11 Å². The average Bonchev–Trinajstić information content (AvgIpc) is 2.38. The first-order valence-corrected chi connectivity index (χ1v) is 6.96. The maximum absolute atomic E-state index is 10.8. The van der Waals surface area contributed by atoms with Crippen molar-refractivity contribution in [3.63, 3.8) is 0 Å². The number of benzene rings is 1. The first kappa shape index (κ1) is 16.0. The number of likely N-dealkylation sites (N-methyl/N-ethyl adjacent to an activating group) is 1. The van der Waals surface area contributed by atoms with Gasteiger partial charge < -0.3 is 9.84 Å². The van der Waals surface area contributed by atoms with Crippen LogP contribution < -0.4 is 4.74 Å². The fourth-order valence-corrected chi connectivity index (χ4v) is 2.66. The molecule has 1 rings (SSSR count). The van der Waals surface area contributed by atoms with Crippen LogP contribution in [0.5, 0.6) is 5.75 Å². The smallest absolute Gasteiger partial charge is 0.124 e. The molecule has 1 N–H and O–H groups in total. The number of rotatable bonds is 6. The van der Waals surface area contributed by atoms with Gasteiger partial charge in [0.1, 0.15) is 11.9 Å². The number of aryl methyl sites for hydroxylation is 1. The molecular formula is C16H27NO2. The van der Waals surface area contributed by atoms with Crippen LogP contribution in [0.1, 0.15) is 44.9 Å². The molecule has 0 saturated carbocycles. The first-order valence-electron chi connectivity index (χ1n) is 6.96. The second-order valence-electron chi connectivity index (χ2n) is 5.47. The van der Waals surface area contributed by atoms with Crippen molar-refractivity contribution in [1.82, 2.24) is 4.90 Å². The SMILES string of the molecule is CCN(CC)C(C)(C)C(O)c1cc(C)ccc1OC. The van der Waals surface area contributed by atoms with E-state index in [0.717, 1.165) is 30.0 Å². The van der Waals surface area contributed by atoms with E-state index in [9.17, 15) is 5.11 Å². The monoisotopic (exact) mass is 265 g/mol. The summed E-state index contributed by atoms with van der Waals surface area (Å²) in [7, 11) is 1.64. The zero-order chi connectivity index (χ0) is 14.6. The quantitative estimate of drug-likeness (QED) is 0.857. The lowest BCUT2D eigenvalue weighted by molar-refractivity contribution is -0.00745. The predicted molar refractivity (Wildman–Crippen MR) is 79.7 cm³/mol. The number of aliphatic hydroxyl groups excluding tert-OH is 1. The maximum Gasteiger partial charge on any atom is 0.124 e. The summed E-state index contributed by atoms with van der Waals surface area (Å²) in [6.45, 7) is 12.2. The molecule has 1 unspecified atom stereocenters. The van der Waals surface area contributed by atoms with Crippen LogP contribution in [0.3, 0.4) is 0 Å². The second kappa shape index (κ2) is 6.40. The summed E-state index contributed by atoms with van der Waals surface area (Å²) in [4.78, 5) is 2.26. The summed E-state index contributed by atoms with van der Waals surface area (Å²) in [6.07, 6.45) is -0.581. The highest BCUT2D eigenvalue weighted by Crippen LogP contribution is 2.36. The fraction of sp³-hybridized carbons (Fsp3) is 0.625. The van der Waals surface area contributed by atoms with E-state index in [4.69, 9.17) is 4.74 Å². The van der Waals surface area contributed by atoms with Crippen LogP contribution >= 0.6 is 0 Å². The topological polar surface area (TPSA) is 32.7 Å². The van der Waals surface area contributed by atoms with Crippen LogP contribution in [-0.2, 0) is 0 Å². The van der Waals surface area contributed by atoms with Gasteiger partial charge in [-0.3, -0.25) is 4.90 Å². The van der Waals surface area contributed by atoms with Gasteiger partial charge in [0.2, 0.25) is 0 Å². The van der Waals surface area contributed by atoms with Gasteiger partial charge in [-0.15, -0.1) is 0 Å². The lowest BCUT2D eigenvalue weighted by Gasteiger charge is -2.41. The molecule has 3 heteroatoms. The molecule has 1 aromatic carbocycles. The van der Waals surface area contributed by atoms with Crippen molar-refractivity contribution >= 4 is 0 Å². The Hall–Kier alpha value is -1.06. The van der Waals surface area contributed by atoms with Crippen molar-refractivity contribution in [2.45, 2.75) is 46.3 Å². The lowest BCUT2D eigenvalue weighted by atomic mass is 9.88. The molecule has 0 spiro atoms. The minimum absolute atomic E-state index is 0.329. The van der Waals surface area contributed by atoms with E-state index in [-0.39, 0.29) is 5.54 Å². The lowest BCUT2D eigenvalue weighted by Crippen LogP contribution is -2.48. The molecule has 0 bridgehead atoms. The molecule has 19 heavy (non-hydrogen) atoms. The van der Waals surface area contributed by atoms with Crippen LogP contribution in [-0.4, -0.2) is 35.7 Å². The Morgan fingerprint density at radius 3 is 2.32 bits per heavy atom. The van der Waals surface area contributed by atoms with Crippen LogP contribution in [0.25, 0.3) is 0 Å². The predicted octanol–water partition coefficient (Wildman–Crippen LogP) is 3.16. The van der Waals surface area contributed by atoms with Crippen LogP contribution in [0.4, 0.5) is 0 Å². The van der Waals surface area contributed by atoms with Crippen molar-refractivity contribution in [3.05, 3.63) is 29.3 Å². The van der Waals surface area contributed by atoms with Gasteiger partial charge in [0, 0.05) is 11.1 Å². The Kier molecular flexibility index (Phi) is 5.39. The summed E-state index contributed by atoms with van der Waals surface area (Å²) in [5.74, 6) is 0.748. The van der Waals surface area contributed by atoms with Gasteiger partial charge in [0.15, 0.2) is 0 Å². The maximum atomic E-state index is 10.8. The van der Waals surface area contributed by atoms with E-state index in [1.54, 1.807) is 7.11 Å². The van der Waals surface area contributed by atoms with Gasteiger partial charge in [-0.05, 0) is 46.0 Å². The standard InChI is InChI=1S/C16H27NO2/c1-7-17(8-2)16(4,5)15(18)13-11-12(3)9-10-14(13)19-6/h9-11,15,18H,7-8H2,1-6H3. The highest BCUT2D eigenvalue weighted by Gasteiger charge is 2.35. The van der Waals surface area contributed by atoms with Crippen molar-refractivity contribution in [2.24, 2.45) is 0 Å². The minimum atomic E-state index is -0.581. The normalized spacial score (nSPS) is 13.7. The Bertz CT molecular complexity index is 411. The zero-order valence-electron chi connectivity index (χ0n) is 13.0. The Morgan fingerprint density at radius 1 is 1.26 bits per heavy atom. The summed E-state index contributed by atoms with van der Waals surface area (Å²) in [6, 6.07) is 5.93. The van der Waals surface area contributed by atoms with Crippen molar-refractivity contribution in [2.75, 3.05) is 20.2 Å². The summed E-state index contributed by atoms with van der Waals surface area (Å²) in [5, 5.41) is 10.8. The van der Waals surface area contributed by atoms with E-state index < -0.39 is 6.10 Å². The van der Waals surface area contributed by atoms with Crippen LogP contribution in [0.15, 0.2) is 18.2 Å². The minimum Gasteiger partial charge on any atom is -0.496 e. The van der Waals surface area contributed by atoms with Gasteiger partial charge in [0.25, 0.3) is 0 Å². The molecule has 3 nitrogen and oxygen atoms in total. The van der Waals surface area contributed by atoms with E-state index in [0.29, 0.717) is 0 Å². The molecule has 0 amide bonds. The fourth-order valence-electron chi connectivity index (χ4n) is 2.66. The molecular weight excluding hydrogens is 238 g/mol. The largest absolute Gasteiger partial charge is 0.496 e. The summed E-state index contributed by atoms with van der Waals surface area (Å²) >= 11 is 0. The van der Waals surface area contributed by atoms with Crippen molar-refractivity contribution in [1.29, 1.82) is 0 Å². The molecule has 0 radical (unpaired) electrons. The van der Waals surface area contributed by atoms with E-state index in [1.165, 1.54) is 0 Å². The molecule has 0 saturated heterocycles. The third-order valence-corrected chi connectivity index (χ3v) is 3.93. The van der Waals surface area contributed by atoms with E-state index in [1.807, 2.05) is 25.1 Å².